The second-order valence-electron chi connectivity index (χ2n) is 6.20. The van der Waals surface area contributed by atoms with Crippen LogP contribution in [0.2, 0.25) is 0 Å². The summed E-state index contributed by atoms with van der Waals surface area (Å²) in [6.07, 6.45) is 7.94. The van der Waals surface area contributed by atoms with Crippen LogP contribution in [0, 0.1) is 5.92 Å². The predicted octanol–water partition coefficient (Wildman–Crippen LogP) is 3.46. The summed E-state index contributed by atoms with van der Waals surface area (Å²) in [6, 6.07) is 11.3. The van der Waals surface area contributed by atoms with Gasteiger partial charge in [-0.1, -0.05) is 50.1 Å². The Morgan fingerprint density at radius 3 is 2.70 bits per heavy atom. The minimum absolute atomic E-state index is 0.512. The van der Waals surface area contributed by atoms with E-state index in [-0.39, 0.29) is 0 Å². The molecule has 2 atom stereocenters. The average Bonchev–Trinajstić information content (AvgIpc) is 2.72. The molecule has 0 bridgehead atoms. The fourth-order valence-corrected chi connectivity index (χ4v) is 3.50. The monoisotopic (exact) mass is 274 g/mol. The fraction of sp³-hybridized carbons (Fsp3) is 0.667. The van der Waals surface area contributed by atoms with E-state index >= 15 is 0 Å². The van der Waals surface area contributed by atoms with Crippen molar-refractivity contribution in [1.29, 1.82) is 0 Å². The highest BCUT2D eigenvalue weighted by Crippen LogP contribution is 2.23. The first kappa shape index (κ1) is 15.5. The molecule has 2 N–H and O–H groups in total. The Labute approximate surface area is 124 Å². The van der Waals surface area contributed by atoms with Crippen LogP contribution < -0.4 is 5.73 Å². The SMILES string of the molecule is CCCC1CCCN(C(CN)Cc2ccccc2)CC1. The minimum Gasteiger partial charge on any atom is -0.329 e. The molecule has 2 rings (SSSR count). The van der Waals surface area contributed by atoms with Gasteiger partial charge in [0.2, 0.25) is 0 Å². The van der Waals surface area contributed by atoms with Crippen molar-refractivity contribution in [3.63, 3.8) is 0 Å². The van der Waals surface area contributed by atoms with E-state index in [9.17, 15) is 0 Å². The summed E-state index contributed by atoms with van der Waals surface area (Å²) < 4.78 is 0. The summed E-state index contributed by atoms with van der Waals surface area (Å²) in [5, 5.41) is 0. The van der Waals surface area contributed by atoms with Crippen LogP contribution in [-0.2, 0) is 6.42 Å². The highest BCUT2D eigenvalue weighted by atomic mass is 15.2. The molecule has 1 aliphatic rings. The van der Waals surface area contributed by atoms with Gasteiger partial charge in [0, 0.05) is 12.6 Å². The van der Waals surface area contributed by atoms with Gasteiger partial charge in [0.25, 0.3) is 0 Å². The van der Waals surface area contributed by atoms with Crippen molar-refractivity contribution in [2.45, 2.75) is 51.5 Å². The first-order chi connectivity index (χ1) is 9.83. The van der Waals surface area contributed by atoms with Gasteiger partial charge in [0.1, 0.15) is 0 Å². The Hall–Kier alpha value is -0.860. The van der Waals surface area contributed by atoms with E-state index in [1.54, 1.807) is 0 Å². The van der Waals surface area contributed by atoms with E-state index in [4.69, 9.17) is 5.73 Å². The summed E-state index contributed by atoms with van der Waals surface area (Å²) >= 11 is 0. The zero-order valence-electron chi connectivity index (χ0n) is 12.9. The molecule has 0 aliphatic carbocycles. The van der Waals surface area contributed by atoms with Crippen molar-refractivity contribution in [1.82, 2.24) is 4.90 Å². The Morgan fingerprint density at radius 1 is 1.20 bits per heavy atom. The van der Waals surface area contributed by atoms with Gasteiger partial charge in [-0.2, -0.15) is 0 Å². The van der Waals surface area contributed by atoms with Gasteiger partial charge in [-0.15, -0.1) is 0 Å². The number of likely N-dealkylation sites (tertiary alicyclic amines) is 1. The lowest BCUT2D eigenvalue weighted by atomic mass is 9.96. The van der Waals surface area contributed by atoms with Crippen LogP contribution in [0.3, 0.4) is 0 Å². The maximum atomic E-state index is 6.05. The van der Waals surface area contributed by atoms with Crippen LogP contribution >= 0.6 is 0 Å². The average molecular weight is 274 g/mol. The van der Waals surface area contributed by atoms with Gasteiger partial charge in [-0.25, -0.2) is 0 Å². The second-order valence-corrected chi connectivity index (χ2v) is 6.20. The predicted molar refractivity (Wildman–Crippen MR) is 86.8 cm³/mol. The fourth-order valence-electron chi connectivity index (χ4n) is 3.50. The summed E-state index contributed by atoms with van der Waals surface area (Å²) in [4.78, 5) is 2.64. The maximum absolute atomic E-state index is 6.05. The Balaban J connectivity index is 1.90. The van der Waals surface area contributed by atoms with E-state index in [1.165, 1.54) is 50.8 Å². The molecular formula is C18H30N2. The molecule has 2 nitrogen and oxygen atoms in total. The lowest BCUT2D eigenvalue weighted by Crippen LogP contribution is -2.42. The highest BCUT2D eigenvalue weighted by Gasteiger charge is 2.22. The van der Waals surface area contributed by atoms with Crippen LogP contribution in [0.25, 0.3) is 0 Å². The first-order valence-electron chi connectivity index (χ1n) is 8.31. The van der Waals surface area contributed by atoms with Gasteiger partial charge in [0.15, 0.2) is 0 Å². The number of benzene rings is 1. The van der Waals surface area contributed by atoms with Crippen LogP contribution in [0.15, 0.2) is 30.3 Å². The topological polar surface area (TPSA) is 29.3 Å². The zero-order valence-corrected chi connectivity index (χ0v) is 12.9. The molecule has 1 fully saturated rings. The van der Waals surface area contributed by atoms with Crippen LogP contribution in [0.5, 0.6) is 0 Å². The molecule has 0 amide bonds. The van der Waals surface area contributed by atoms with Gasteiger partial charge in [0.05, 0.1) is 0 Å². The molecule has 2 unspecified atom stereocenters. The van der Waals surface area contributed by atoms with Crippen LogP contribution in [-0.4, -0.2) is 30.6 Å². The number of nitrogens with zero attached hydrogens (tertiary/aromatic N) is 1. The van der Waals surface area contributed by atoms with Crippen molar-refractivity contribution in [2.24, 2.45) is 11.7 Å². The molecule has 112 valence electrons. The molecular weight excluding hydrogens is 244 g/mol. The number of rotatable bonds is 6. The number of hydrogen-bond donors (Lipinski definition) is 1. The molecule has 1 heterocycles. The van der Waals surface area contributed by atoms with E-state index in [1.807, 2.05) is 0 Å². The van der Waals surface area contributed by atoms with Crippen molar-refractivity contribution < 1.29 is 0 Å². The Morgan fingerprint density at radius 2 is 2.00 bits per heavy atom. The third kappa shape index (κ3) is 4.60. The van der Waals surface area contributed by atoms with Crippen molar-refractivity contribution in [3.8, 4) is 0 Å². The van der Waals surface area contributed by atoms with E-state index in [0.29, 0.717) is 6.04 Å². The van der Waals surface area contributed by atoms with Crippen molar-refractivity contribution >= 4 is 0 Å². The van der Waals surface area contributed by atoms with E-state index in [0.717, 1.165) is 18.9 Å². The summed E-state index contributed by atoms with van der Waals surface area (Å²) in [5.74, 6) is 0.945. The Bertz CT molecular complexity index is 363. The zero-order chi connectivity index (χ0) is 14.2. The third-order valence-corrected chi connectivity index (χ3v) is 4.68. The van der Waals surface area contributed by atoms with Crippen molar-refractivity contribution in [3.05, 3.63) is 35.9 Å². The van der Waals surface area contributed by atoms with Crippen LogP contribution in [0.4, 0.5) is 0 Å². The number of nitrogens with two attached hydrogens (primary N) is 1. The van der Waals surface area contributed by atoms with Gasteiger partial charge in [-0.3, -0.25) is 4.90 Å². The van der Waals surface area contributed by atoms with Gasteiger partial charge in [-0.05, 0) is 50.3 Å². The molecule has 0 spiro atoms. The molecule has 1 aromatic rings. The molecule has 20 heavy (non-hydrogen) atoms. The lowest BCUT2D eigenvalue weighted by Gasteiger charge is -2.30. The smallest absolute Gasteiger partial charge is 0.0258 e. The summed E-state index contributed by atoms with van der Waals surface area (Å²) in [6.45, 7) is 5.54. The largest absolute Gasteiger partial charge is 0.329 e. The van der Waals surface area contributed by atoms with Crippen LogP contribution in [0.1, 0.15) is 44.6 Å². The minimum atomic E-state index is 0.512. The molecule has 1 aliphatic heterocycles. The molecule has 0 aromatic heterocycles. The lowest BCUT2D eigenvalue weighted by molar-refractivity contribution is 0.203. The number of hydrogen-bond acceptors (Lipinski definition) is 2. The molecule has 0 saturated carbocycles. The van der Waals surface area contributed by atoms with E-state index in [2.05, 4.69) is 42.2 Å². The Kier molecular flexibility index (Phi) is 6.55. The van der Waals surface area contributed by atoms with Crippen molar-refractivity contribution in [2.75, 3.05) is 19.6 Å². The second kappa shape index (κ2) is 8.43. The third-order valence-electron chi connectivity index (χ3n) is 4.68. The van der Waals surface area contributed by atoms with Gasteiger partial charge < -0.3 is 5.73 Å². The summed E-state index contributed by atoms with van der Waals surface area (Å²) in [7, 11) is 0. The first-order valence-corrected chi connectivity index (χ1v) is 8.31. The highest BCUT2D eigenvalue weighted by molar-refractivity contribution is 5.16. The van der Waals surface area contributed by atoms with E-state index < -0.39 is 0 Å². The van der Waals surface area contributed by atoms with Gasteiger partial charge >= 0.3 is 0 Å². The molecule has 2 heteroatoms. The maximum Gasteiger partial charge on any atom is 0.0258 e. The molecule has 1 aromatic carbocycles. The normalized spacial score (nSPS) is 22.4. The quantitative estimate of drug-likeness (QED) is 0.861. The molecule has 1 saturated heterocycles. The standard InChI is InChI=1S/C18H30N2/c1-2-7-16-10-6-12-20(13-11-16)18(15-19)14-17-8-4-3-5-9-17/h3-5,8-9,16,18H,2,6-7,10-15,19H2,1H3. The summed E-state index contributed by atoms with van der Waals surface area (Å²) in [5.41, 5.74) is 7.47. The molecule has 0 radical (unpaired) electrons.